The van der Waals surface area contributed by atoms with E-state index in [9.17, 15) is 13.2 Å². The van der Waals surface area contributed by atoms with Crippen molar-refractivity contribution in [2.75, 3.05) is 0 Å². The van der Waals surface area contributed by atoms with Crippen LogP contribution in [-0.4, -0.2) is 12.9 Å². The van der Waals surface area contributed by atoms with Crippen LogP contribution in [0, 0.1) is 0 Å². The summed E-state index contributed by atoms with van der Waals surface area (Å²) in [5.74, 6) is 0. The Bertz CT molecular complexity index is 279. The Labute approximate surface area is 73.9 Å². The van der Waals surface area contributed by atoms with E-state index in [4.69, 9.17) is 0 Å². The molecule has 0 unspecified atom stereocenters. The number of rotatable bonds is 2. The summed E-state index contributed by atoms with van der Waals surface area (Å²) in [6.45, 7) is 2.93. The molecular weight excluding hydrogens is 179 g/mol. The molecule has 0 saturated carbocycles. The Morgan fingerprint density at radius 3 is 2.08 bits per heavy atom. The second-order valence-corrected chi connectivity index (χ2v) is 2.54. The molecule has 0 radical (unpaired) electrons. The van der Waals surface area contributed by atoms with Crippen molar-refractivity contribution in [2.24, 2.45) is 4.99 Å². The third-order valence-electron chi connectivity index (χ3n) is 1.61. The zero-order chi connectivity index (χ0) is 9.90. The van der Waals surface area contributed by atoms with Gasteiger partial charge in [0.05, 0.1) is 0 Å². The number of aliphatic imine (C=N–C) groups is 1. The predicted octanol–water partition coefficient (Wildman–Crippen LogP) is 2.99. The molecule has 4 heteroatoms. The van der Waals surface area contributed by atoms with Crippen molar-refractivity contribution in [3.63, 3.8) is 0 Å². The molecule has 1 aromatic rings. The second kappa shape index (κ2) is 3.60. The summed E-state index contributed by atoms with van der Waals surface area (Å²) >= 11 is 0. The van der Waals surface area contributed by atoms with Gasteiger partial charge < -0.3 is 0 Å². The van der Waals surface area contributed by atoms with Gasteiger partial charge >= 0.3 is 6.18 Å². The van der Waals surface area contributed by atoms with E-state index in [0.29, 0.717) is 0 Å². The molecule has 1 atom stereocenters. The number of halogens is 3. The van der Waals surface area contributed by atoms with E-state index in [0.717, 1.165) is 0 Å². The van der Waals surface area contributed by atoms with Crippen LogP contribution in [0.1, 0.15) is 11.6 Å². The third-order valence-corrected chi connectivity index (χ3v) is 1.61. The first-order valence-electron chi connectivity index (χ1n) is 3.63. The molecule has 0 aliphatic rings. The average Bonchev–Trinajstić information content (AvgIpc) is 2.05. The lowest BCUT2D eigenvalue weighted by Crippen LogP contribution is -2.18. The highest BCUT2D eigenvalue weighted by Gasteiger charge is 2.39. The van der Waals surface area contributed by atoms with Gasteiger partial charge in [-0.05, 0) is 12.3 Å². The van der Waals surface area contributed by atoms with Gasteiger partial charge in [-0.1, -0.05) is 30.3 Å². The smallest absolute Gasteiger partial charge is 0.283 e. The summed E-state index contributed by atoms with van der Waals surface area (Å²) < 4.78 is 36.8. The summed E-state index contributed by atoms with van der Waals surface area (Å²) in [5.41, 5.74) is 0.116. The molecule has 0 amide bonds. The Hall–Kier alpha value is -1.32. The first kappa shape index (κ1) is 9.77. The fraction of sp³-hybridized carbons (Fsp3) is 0.222. The fourth-order valence-electron chi connectivity index (χ4n) is 1.03. The zero-order valence-electron chi connectivity index (χ0n) is 6.75. The highest BCUT2D eigenvalue weighted by molar-refractivity contribution is 5.29. The van der Waals surface area contributed by atoms with Crippen LogP contribution in [0.15, 0.2) is 35.3 Å². The van der Waals surface area contributed by atoms with E-state index in [1.54, 1.807) is 18.2 Å². The molecule has 1 nitrogen and oxygen atoms in total. The van der Waals surface area contributed by atoms with Crippen molar-refractivity contribution >= 4 is 6.72 Å². The summed E-state index contributed by atoms with van der Waals surface area (Å²) in [4.78, 5) is 3.05. The number of alkyl halides is 3. The van der Waals surface area contributed by atoms with Crippen LogP contribution in [0.5, 0.6) is 0 Å². The van der Waals surface area contributed by atoms with Crippen molar-refractivity contribution in [3.05, 3.63) is 35.9 Å². The van der Waals surface area contributed by atoms with E-state index in [-0.39, 0.29) is 5.56 Å². The number of nitrogens with zero attached hydrogens (tertiary/aromatic N) is 1. The van der Waals surface area contributed by atoms with E-state index in [2.05, 4.69) is 11.7 Å². The van der Waals surface area contributed by atoms with Crippen LogP contribution in [0.25, 0.3) is 0 Å². The number of benzene rings is 1. The SMILES string of the molecule is C=N[C@H](c1ccccc1)C(F)(F)F. The Kier molecular flexibility index (Phi) is 2.70. The lowest BCUT2D eigenvalue weighted by atomic mass is 10.1. The highest BCUT2D eigenvalue weighted by Crippen LogP contribution is 2.35. The summed E-state index contributed by atoms with van der Waals surface area (Å²) in [6.07, 6.45) is -4.36. The van der Waals surface area contributed by atoms with Crippen LogP contribution in [-0.2, 0) is 0 Å². The van der Waals surface area contributed by atoms with E-state index in [1.165, 1.54) is 12.1 Å². The van der Waals surface area contributed by atoms with Gasteiger partial charge in [-0.3, -0.25) is 4.99 Å². The van der Waals surface area contributed by atoms with E-state index < -0.39 is 12.2 Å². The first-order chi connectivity index (χ1) is 6.05. The molecule has 0 heterocycles. The average molecular weight is 187 g/mol. The molecule has 1 aromatic carbocycles. The van der Waals surface area contributed by atoms with Crippen LogP contribution >= 0.6 is 0 Å². The van der Waals surface area contributed by atoms with Gasteiger partial charge in [0.15, 0.2) is 6.04 Å². The van der Waals surface area contributed by atoms with Gasteiger partial charge in [0.1, 0.15) is 0 Å². The van der Waals surface area contributed by atoms with E-state index in [1.807, 2.05) is 0 Å². The number of hydrogen-bond acceptors (Lipinski definition) is 1. The third kappa shape index (κ3) is 2.31. The van der Waals surface area contributed by atoms with Crippen molar-refractivity contribution in [1.82, 2.24) is 0 Å². The highest BCUT2D eigenvalue weighted by atomic mass is 19.4. The Morgan fingerprint density at radius 1 is 1.15 bits per heavy atom. The summed E-state index contributed by atoms with van der Waals surface area (Å²) in [5, 5.41) is 0. The monoisotopic (exact) mass is 187 g/mol. The van der Waals surface area contributed by atoms with E-state index >= 15 is 0 Å². The van der Waals surface area contributed by atoms with Gasteiger partial charge in [-0.25, -0.2) is 0 Å². The molecular formula is C9H8F3N. The second-order valence-electron chi connectivity index (χ2n) is 2.54. The standard InChI is InChI=1S/C9H8F3N/c1-13-8(9(10,11)12)7-5-3-2-4-6-7/h2-6,8H,1H2/t8-/m1/s1. The summed E-state index contributed by atoms with van der Waals surface area (Å²) in [7, 11) is 0. The fourth-order valence-corrected chi connectivity index (χ4v) is 1.03. The van der Waals surface area contributed by atoms with Crippen molar-refractivity contribution in [2.45, 2.75) is 12.2 Å². The molecule has 13 heavy (non-hydrogen) atoms. The molecule has 0 fully saturated rings. The number of hydrogen-bond donors (Lipinski definition) is 0. The molecule has 0 aliphatic carbocycles. The molecule has 70 valence electrons. The molecule has 0 spiro atoms. The topological polar surface area (TPSA) is 12.4 Å². The minimum Gasteiger partial charge on any atom is -0.283 e. The van der Waals surface area contributed by atoms with Gasteiger partial charge in [-0.2, -0.15) is 13.2 Å². The normalized spacial score (nSPS) is 13.8. The minimum absolute atomic E-state index is 0.116. The first-order valence-corrected chi connectivity index (χ1v) is 3.63. The Morgan fingerprint density at radius 2 is 1.69 bits per heavy atom. The molecule has 1 rings (SSSR count). The van der Waals surface area contributed by atoms with Gasteiger partial charge in [-0.15, -0.1) is 0 Å². The largest absolute Gasteiger partial charge is 0.414 e. The van der Waals surface area contributed by atoms with Gasteiger partial charge in [0.2, 0.25) is 0 Å². The van der Waals surface area contributed by atoms with Gasteiger partial charge in [0.25, 0.3) is 0 Å². The molecule has 0 saturated heterocycles. The minimum atomic E-state index is -4.36. The molecule has 0 aliphatic heterocycles. The van der Waals surface area contributed by atoms with Gasteiger partial charge in [0, 0.05) is 0 Å². The maximum Gasteiger partial charge on any atom is 0.414 e. The lowest BCUT2D eigenvalue weighted by molar-refractivity contribution is -0.148. The molecule has 0 N–H and O–H groups in total. The zero-order valence-corrected chi connectivity index (χ0v) is 6.75. The van der Waals surface area contributed by atoms with Crippen LogP contribution < -0.4 is 0 Å². The lowest BCUT2D eigenvalue weighted by Gasteiger charge is -2.15. The molecule has 0 bridgehead atoms. The molecule has 0 aromatic heterocycles. The van der Waals surface area contributed by atoms with Crippen molar-refractivity contribution < 1.29 is 13.2 Å². The Balaban J connectivity index is 2.99. The van der Waals surface area contributed by atoms with Crippen LogP contribution in [0.3, 0.4) is 0 Å². The predicted molar refractivity (Wildman–Crippen MR) is 44.8 cm³/mol. The summed E-state index contributed by atoms with van der Waals surface area (Å²) in [6, 6.07) is 5.69. The maximum atomic E-state index is 12.3. The maximum absolute atomic E-state index is 12.3. The van der Waals surface area contributed by atoms with Crippen LogP contribution in [0.2, 0.25) is 0 Å². The van der Waals surface area contributed by atoms with Crippen molar-refractivity contribution in [3.8, 4) is 0 Å². The van der Waals surface area contributed by atoms with Crippen LogP contribution in [0.4, 0.5) is 13.2 Å². The van der Waals surface area contributed by atoms with Crippen molar-refractivity contribution in [1.29, 1.82) is 0 Å². The quantitative estimate of drug-likeness (QED) is 0.631.